The number of benzene rings is 4. The van der Waals surface area contributed by atoms with Gasteiger partial charge in [0.2, 0.25) is 0 Å². The Morgan fingerprint density at radius 1 is 0.543 bits per heavy atom. The Morgan fingerprint density at radius 2 is 1.00 bits per heavy atom. The first-order valence-corrected chi connectivity index (χ1v) is 12.1. The Bertz CT molecular complexity index is 1540. The average Bonchev–Trinajstić information content (AvgIpc) is 3.46. The number of para-hydroxylation sites is 2. The highest BCUT2D eigenvalue weighted by Gasteiger charge is 2.23. The molecule has 0 spiro atoms. The number of methoxy groups -OCH3 is 2. The Balaban J connectivity index is 1.56. The summed E-state index contributed by atoms with van der Waals surface area (Å²) in [5, 5.41) is 3.62. The van der Waals surface area contributed by atoms with Gasteiger partial charge in [0.1, 0.15) is 22.7 Å². The predicted molar refractivity (Wildman–Crippen MR) is 141 cm³/mol. The molecule has 0 aliphatic heterocycles. The van der Waals surface area contributed by atoms with Crippen molar-refractivity contribution >= 4 is 33.7 Å². The van der Waals surface area contributed by atoms with E-state index in [1.165, 1.54) is 11.8 Å². The van der Waals surface area contributed by atoms with Gasteiger partial charge in [0.05, 0.1) is 14.2 Å². The highest BCUT2D eigenvalue weighted by molar-refractivity contribution is 7.99. The van der Waals surface area contributed by atoms with E-state index in [1.54, 1.807) is 14.2 Å². The van der Waals surface area contributed by atoms with Gasteiger partial charge in [-0.25, -0.2) is 0 Å². The summed E-state index contributed by atoms with van der Waals surface area (Å²) in [5.41, 5.74) is 5.73. The zero-order chi connectivity index (χ0) is 23.8. The van der Waals surface area contributed by atoms with Crippen LogP contribution in [0.5, 0.6) is 11.5 Å². The monoisotopic (exact) mass is 478 g/mol. The predicted octanol–water partition coefficient (Wildman–Crippen LogP) is 8.68. The maximum Gasteiger partial charge on any atom is 0.177 e. The molecule has 0 N–H and O–H groups in total. The summed E-state index contributed by atoms with van der Waals surface area (Å²) < 4.78 is 23.8. The quantitative estimate of drug-likeness (QED) is 0.240. The normalized spacial score (nSPS) is 11.3. The van der Waals surface area contributed by atoms with E-state index in [-0.39, 0.29) is 0 Å². The van der Waals surface area contributed by atoms with Gasteiger partial charge in [0, 0.05) is 21.9 Å². The van der Waals surface area contributed by atoms with Crippen molar-refractivity contribution in [1.29, 1.82) is 0 Å². The van der Waals surface area contributed by atoms with Crippen LogP contribution in [0.1, 0.15) is 0 Å². The molecule has 2 heterocycles. The van der Waals surface area contributed by atoms with Crippen LogP contribution in [0.15, 0.2) is 116 Å². The molecule has 5 heteroatoms. The second kappa shape index (κ2) is 8.93. The highest BCUT2D eigenvalue weighted by Crippen LogP contribution is 2.48. The number of hydrogen-bond acceptors (Lipinski definition) is 5. The van der Waals surface area contributed by atoms with Crippen molar-refractivity contribution in [2.24, 2.45) is 0 Å². The van der Waals surface area contributed by atoms with Crippen LogP contribution in [0.25, 0.3) is 44.2 Å². The molecule has 4 nitrogen and oxygen atoms in total. The second-order valence-corrected chi connectivity index (χ2v) is 9.03. The third-order valence-corrected chi connectivity index (χ3v) is 6.97. The molecule has 0 saturated heterocycles. The summed E-state index contributed by atoms with van der Waals surface area (Å²) in [6.07, 6.45) is 0. The molecule has 6 aromatic rings. The van der Waals surface area contributed by atoms with Gasteiger partial charge in [-0.2, -0.15) is 0 Å². The van der Waals surface area contributed by atoms with Gasteiger partial charge in [-0.15, -0.1) is 0 Å². The van der Waals surface area contributed by atoms with Crippen LogP contribution < -0.4 is 9.47 Å². The Hall–Kier alpha value is -4.09. The largest absolute Gasteiger partial charge is 0.497 e. The fraction of sp³-hybridized carbons (Fsp3) is 0.0667. The van der Waals surface area contributed by atoms with E-state index < -0.39 is 0 Å². The van der Waals surface area contributed by atoms with Gasteiger partial charge >= 0.3 is 0 Å². The molecule has 6 rings (SSSR count). The van der Waals surface area contributed by atoms with Crippen molar-refractivity contribution < 1.29 is 18.3 Å². The Labute approximate surface area is 207 Å². The molecule has 2 aromatic heterocycles. The molecule has 0 unspecified atom stereocenters. The minimum absolute atomic E-state index is 0.766. The molecule has 0 radical (unpaired) electrons. The van der Waals surface area contributed by atoms with Crippen molar-refractivity contribution in [3.63, 3.8) is 0 Å². The van der Waals surface area contributed by atoms with E-state index in [9.17, 15) is 0 Å². The summed E-state index contributed by atoms with van der Waals surface area (Å²) >= 11 is 1.49. The lowest BCUT2D eigenvalue weighted by Crippen LogP contribution is -1.85. The lowest BCUT2D eigenvalue weighted by molar-refractivity contribution is 0.415. The molecule has 0 atom stereocenters. The topological polar surface area (TPSA) is 44.7 Å². The molecular weight excluding hydrogens is 456 g/mol. The van der Waals surface area contributed by atoms with Crippen molar-refractivity contribution in [2.75, 3.05) is 14.2 Å². The molecule has 0 aliphatic carbocycles. The molecule has 4 aromatic carbocycles. The summed E-state index contributed by atoms with van der Waals surface area (Å²) in [6.45, 7) is 0. The van der Waals surface area contributed by atoms with Crippen LogP contribution in [0, 0.1) is 0 Å². The van der Waals surface area contributed by atoms with E-state index in [1.807, 2.05) is 72.8 Å². The molecule has 0 saturated carbocycles. The lowest BCUT2D eigenvalue weighted by Gasteiger charge is -2.07. The number of ether oxygens (including phenoxy) is 2. The molecule has 0 fully saturated rings. The maximum atomic E-state index is 6.40. The molecule has 0 aliphatic rings. The van der Waals surface area contributed by atoms with Crippen LogP contribution in [0.2, 0.25) is 0 Å². The Morgan fingerprint density at radius 3 is 1.46 bits per heavy atom. The number of rotatable bonds is 6. The van der Waals surface area contributed by atoms with Crippen LogP contribution in [-0.2, 0) is 0 Å². The van der Waals surface area contributed by atoms with Gasteiger partial charge in [-0.05, 0) is 59.3 Å². The van der Waals surface area contributed by atoms with E-state index in [2.05, 4.69) is 24.3 Å². The molecule has 172 valence electrons. The van der Waals surface area contributed by atoms with E-state index in [0.717, 1.165) is 65.9 Å². The fourth-order valence-corrected chi connectivity index (χ4v) is 5.47. The van der Waals surface area contributed by atoms with Crippen LogP contribution in [-0.4, -0.2) is 14.2 Å². The van der Waals surface area contributed by atoms with Crippen molar-refractivity contribution in [2.45, 2.75) is 10.2 Å². The lowest BCUT2D eigenvalue weighted by atomic mass is 10.0. The van der Waals surface area contributed by atoms with Crippen molar-refractivity contribution in [3.05, 3.63) is 97.1 Å². The minimum atomic E-state index is 0.766. The Kier molecular flexibility index (Phi) is 5.47. The summed E-state index contributed by atoms with van der Waals surface area (Å²) in [4.78, 5) is 0. The highest BCUT2D eigenvalue weighted by atomic mass is 32.2. The average molecular weight is 479 g/mol. The first kappa shape index (κ1) is 21.4. The number of furan rings is 2. The first-order valence-electron chi connectivity index (χ1n) is 11.2. The number of hydrogen-bond donors (Lipinski definition) is 0. The third kappa shape index (κ3) is 3.84. The van der Waals surface area contributed by atoms with E-state index in [4.69, 9.17) is 18.3 Å². The smallest absolute Gasteiger partial charge is 0.177 e. The number of fused-ring (bicyclic) bond motifs is 2. The van der Waals surface area contributed by atoms with E-state index in [0.29, 0.717) is 0 Å². The summed E-state index contributed by atoms with van der Waals surface area (Å²) in [6, 6.07) is 32.3. The third-order valence-electron chi connectivity index (χ3n) is 6.03. The molecule has 35 heavy (non-hydrogen) atoms. The van der Waals surface area contributed by atoms with Gasteiger partial charge in [0.25, 0.3) is 0 Å². The fourth-order valence-electron chi connectivity index (χ4n) is 4.38. The standard InChI is InChI=1S/C30H22O4S/c1-31-21-11-7-9-19(17-21)27-23-13-3-5-15-25(23)33-29(27)35-30-28(20-10-8-12-22(18-20)32-2)24-14-4-6-16-26(24)34-30/h3-18H,1-2H3. The van der Waals surface area contributed by atoms with Gasteiger partial charge in [-0.1, -0.05) is 60.7 Å². The van der Waals surface area contributed by atoms with Crippen LogP contribution >= 0.6 is 11.8 Å². The van der Waals surface area contributed by atoms with Crippen LogP contribution in [0.3, 0.4) is 0 Å². The second-order valence-electron chi connectivity index (χ2n) is 8.09. The molecular formula is C30H22O4S. The zero-order valence-electron chi connectivity index (χ0n) is 19.3. The SMILES string of the molecule is COc1cccc(-c2c(Sc3oc4ccccc4c3-c3cccc(OC)c3)oc3ccccc23)c1. The van der Waals surface area contributed by atoms with Gasteiger partial charge in [0.15, 0.2) is 10.2 Å². The maximum absolute atomic E-state index is 6.40. The summed E-state index contributed by atoms with van der Waals surface area (Å²) in [7, 11) is 3.36. The minimum Gasteiger partial charge on any atom is -0.497 e. The van der Waals surface area contributed by atoms with E-state index >= 15 is 0 Å². The molecule has 0 bridgehead atoms. The van der Waals surface area contributed by atoms with Crippen molar-refractivity contribution in [3.8, 4) is 33.8 Å². The van der Waals surface area contributed by atoms with Crippen LogP contribution in [0.4, 0.5) is 0 Å². The van der Waals surface area contributed by atoms with Gasteiger partial charge < -0.3 is 18.3 Å². The zero-order valence-corrected chi connectivity index (χ0v) is 20.1. The van der Waals surface area contributed by atoms with Crippen molar-refractivity contribution in [1.82, 2.24) is 0 Å². The van der Waals surface area contributed by atoms with Gasteiger partial charge in [-0.3, -0.25) is 0 Å². The summed E-state index contributed by atoms with van der Waals surface area (Å²) in [5.74, 6) is 1.59. The molecule has 0 amide bonds. The first-order chi connectivity index (χ1) is 17.2.